The van der Waals surface area contributed by atoms with Gasteiger partial charge in [-0.15, -0.1) is 0 Å². The third-order valence-corrected chi connectivity index (χ3v) is 4.25. The van der Waals surface area contributed by atoms with E-state index in [4.69, 9.17) is 4.74 Å². The average molecular weight is 252 g/mol. The van der Waals surface area contributed by atoms with Crippen molar-refractivity contribution in [2.24, 2.45) is 11.8 Å². The summed E-state index contributed by atoms with van der Waals surface area (Å²) in [6.45, 7) is 5.03. The summed E-state index contributed by atoms with van der Waals surface area (Å²) in [5.41, 5.74) is 0.849. The van der Waals surface area contributed by atoms with Crippen LogP contribution in [0.15, 0.2) is 6.20 Å². The van der Waals surface area contributed by atoms with Crippen molar-refractivity contribution in [3.63, 3.8) is 0 Å². The van der Waals surface area contributed by atoms with Gasteiger partial charge in [-0.25, -0.2) is 0 Å². The molecule has 0 amide bonds. The molecule has 102 valence electrons. The molecule has 0 aromatic carbocycles. The SMILES string of the molecule is CCC1CCC(C(O)c2c(OC)cnn2CC)C1. The van der Waals surface area contributed by atoms with Gasteiger partial charge in [0.15, 0.2) is 5.75 Å². The Morgan fingerprint density at radius 3 is 2.83 bits per heavy atom. The number of methoxy groups -OCH3 is 1. The van der Waals surface area contributed by atoms with E-state index in [2.05, 4.69) is 12.0 Å². The first kappa shape index (κ1) is 13.4. The normalized spacial score (nSPS) is 25.3. The van der Waals surface area contributed by atoms with E-state index in [1.54, 1.807) is 13.3 Å². The van der Waals surface area contributed by atoms with Crippen molar-refractivity contribution in [1.29, 1.82) is 0 Å². The van der Waals surface area contributed by atoms with Crippen LogP contribution in [-0.2, 0) is 6.54 Å². The van der Waals surface area contributed by atoms with Crippen molar-refractivity contribution < 1.29 is 9.84 Å². The molecular formula is C14H24N2O2. The smallest absolute Gasteiger partial charge is 0.162 e. The maximum atomic E-state index is 10.6. The van der Waals surface area contributed by atoms with Crippen LogP contribution in [0.2, 0.25) is 0 Å². The predicted molar refractivity (Wildman–Crippen MR) is 70.5 cm³/mol. The summed E-state index contributed by atoms with van der Waals surface area (Å²) < 4.78 is 7.17. The van der Waals surface area contributed by atoms with E-state index in [0.717, 1.165) is 31.0 Å². The molecular weight excluding hydrogens is 228 g/mol. The molecule has 4 heteroatoms. The second kappa shape index (κ2) is 5.74. The van der Waals surface area contributed by atoms with E-state index in [9.17, 15) is 5.11 Å². The van der Waals surface area contributed by atoms with Gasteiger partial charge in [-0.3, -0.25) is 4.68 Å². The lowest BCUT2D eigenvalue weighted by molar-refractivity contribution is 0.0969. The van der Waals surface area contributed by atoms with Crippen LogP contribution in [-0.4, -0.2) is 22.0 Å². The van der Waals surface area contributed by atoms with Crippen molar-refractivity contribution in [3.8, 4) is 5.75 Å². The lowest BCUT2D eigenvalue weighted by Gasteiger charge is -2.20. The Morgan fingerprint density at radius 2 is 2.28 bits per heavy atom. The Kier molecular flexibility index (Phi) is 4.27. The maximum Gasteiger partial charge on any atom is 0.162 e. The van der Waals surface area contributed by atoms with E-state index < -0.39 is 6.10 Å². The number of hydrogen-bond donors (Lipinski definition) is 1. The summed E-state index contributed by atoms with van der Waals surface area (Å²) in [5.74, 6) is 1.84. The minimum Gasteiger partial charge on any atom is -0.493 e. The molecule has 3 unspecified atom stereocenters. The number of ether oxygens (including phenoxy) is 1. The lowest BCUT2D eigenvalue weighted by atomic mass is 9.95. The molecule has 1 aromatic heterocycles. The third kappa shape index (κ3) is 2.39. The van der Waals surface area contributed by atoms with Crippen LogP contribution < -0.4 is 4.74 Å². The fourth-order valence-corrected chi connectivity index (χ4v) is 3.08. The third-order valence-electron chi connectivity index (χ3n) is 4.25. The first-order valence-electron chi connectivity index (χ1n) is 6.98. The largest absolute Gasteiger partial charge is 0.493 e. The van der Waals surface area contributed by atoms with Gasteiger partial charge in [0.05, 0.1) is 13.3 Å². The summed E-state index contributed by atoms with van der Waals surface area (Å²) >= 11 is 0. The van der Waals surface area contributed by atoms with Crippen LogP contribution in [0.25, 0.3) is 0 Å². The molecule has 0 aliphatic heterocycles. The minimum absolute atomic E-state index is 0.353. The first-order valence-corrected chi connectivity index (χ1v) is 6.98. The van der Waals surface area contributed by atoms with Gasteiger partial charge < -0.3 is 9.84 Å². The van der Waals surface area contributed by atoms with Gasteiger partial charge in [-0.05, 0) is 31.6 Å². The summed E-state index contributed by atoms with van der Waals surface area (Å²) in [7, 11) is 1.64. The fourth-order valence-electron chi connectivity index (χ4n) is 3.08. The van der Waals surface area contributed by atoms with Gasteiger partial charge in [0.25, 0.3) is 0 Å². The van der Waals surface area contributed by atoms with E-state index >= 15 is 0 Å². The van der Waals surface area contributed by atoms with Gasteiger partial charge in [0.1, 0.15) is 11.8 Å². The molecule has 1 aliphatic rings. The van der Waals surface area contributed by atoms with Crippen molar-refractivity contribution in [3.05, 3.63) is 11.9 Å². The number of rotatable bonds is 5. The Hall–Kier alpha value is -1.03. The second-order valence-electron chi connectivity index (χ2n) is 5.21. The standard InChI is InChI=1S/C14H24N2O2/c1-4-10-6-7-11(8-10)14(17)13-12(18-3)9-15-16(13)5-2/h9-11,14,17H,4-8H2,1-3H3. The summed E-state index contributed by atoms with van der Waals surface area (Å²) in [5, 5.41) is 14.9. The Labute approximate surface area is 109 Å². The highest BCUT2D eigenvalue weighted by molar-refractivity contribution is 5.28. The number of nitrogens with zero attached hydrogens (tertiary/aromatic N) is 2. The fraction of sp³-hybridized carbons (Fsp3) is 0.786. The number of hydrogen-bond acceptors (Lipinski definition) is 3. The molecule has 3 atom stereocenters. The molecule has 1 fully saturated rings. The Balaban J connectivity index is 2.17. The molecule has 4 nitrogen and oxygen atoms in total. The number of aryl methyl sites for hydroxylation is 1. The van der Waals surface area contributed by atoms with E-state index in [1.807, 2.05) is 11.6 Å². The van der Waals surface area contributed by atoms with Crippen LogP contribution in [0.3, 0.4) is 0 Å². The zero-order chi connectivity index (χ0) is 13.1. The van der Waals surface area contributed by atoms with E-state index in [1.165, 1.54) is 12.8 Å². The van der Waals surface area contributed by atoms with Gasteiger partial charge >= 0.3 is 0 Å². The minimum atomic E-state index is -0.445. The van der Waals surface area contributed by atoms with Crippen molar-refractivity contribution in [1.82, 2.24) is 9.78 Å². The molecule has 1 aliphatic carbocycles. The summed E-state index contributed by atoms with van der Waals surface area (Å²) in [6.07, 6.45) is 5.94. The highest BCUT2D eigenvalue weighted by Crippen LogP contribution is 2.42. The van der Waals surface area contributed by atoms with E-state index in [-0.39, 0.29) is 0 Å². The second-order valence-corrected chi connectivity index (χ2v) is 5.21. The van der Waals surface area contributed by atoms with Gasteiger partial charge in [-0.2, -0.15) is 5.10 Å². The first-order chi connectivity index (χ1) is 8.71. The van der Waals surface area contributed by atoms with Crippen LogP contribution in [0.5, 0.6) is 5.75 Å². The summed E-state index contributed by atoms with van der Waals surface area (Å²) in [4.78, 5) is 0. The van der Waals surface area contributed by atoms with Crippen molar-refractivity contribution in [2.45, 2.75) is 52.2 Å². The van der Waals surface area contributed by atoms with Crippen LogP contribution >= 0.6 is 0 Å². The topological polar surface area (TPSA) is 47.3 Å². The highest BCUT2D eigenvalue weighted by Gasteiger charge is 2.33. The molecule has 0 spiro atoms. The molecule has 1 heterocycles. The highest BCUT2D eigenvalue weighted by atomic mass is 16.5. The number of aromatic nitrogens is 2. The van der Waals surface area contributed by atoms with Gasteiger partial charge in [0, 0.05) is 6.54 Å². The van der Waals surface area contributed by atoms with Crippen LogP contribution in [0, 0.1) is 11.8 Å². The number of aliphatic hydroxyl groups is 1. The molecule has 1 N–H and O–H groups in total. The van der Waals surface area contributed by atoms with E-state index in [0.29, 0.717) is 11.7 Å². The average Bonchev–Trinajstić information content (AvgIpc) is 3.03. The molecule has 2 rings (SSSR count). The van der Waals surface area contributed by atoms with Crippen LogP contribution in [0.1, 0.15) is 51.3 Å². The summed E-state index contributed by atoms with van der Waals surface area (Å²) in [6, 6.07) is 0. The quantitative estimate of drug-likeness (QED) is 0.876. The monoisotopic (exact) mass is 252 g/mol. The molecule has 1 aromatic rings. The molecule has 0 saturated heterocycles. The molecule has 18 heavy (non-hydrogen) atoms. The molecule has 1 saturated carbocycles. The maximum absolute atomic E-state index is 10.6. The zero-order valence-electron chi connectivity index (χ0n) is 11.6. The van der Waals surface area contributed by atoms with Crippen molar-refractivity contribution >= 4 is 0 Å². The van der Waals surface area contributed by atoms with Crippen LogP contribution in [0.4, 0.5) is 0 Å². The lowest BCUT2D eigenvalue weighted by Crippen LogP contribution is -2.16. The molecule has 0 bridgehead atoms. The van der Waals surface area contributed by atoms with Gasteiger partial charge in [0.2, 0.25) is 0 Å². The Morgan fingerprint density at radius 1 is 1.50 bits per heavy atom. The zero-order valence-corrected chi connectivity index (χ0v) is 11.6. The number of aliphatic hydroxyl groups excluding tert-OH is 1. The molecule has 0 radical (unpaired) electrons. The van der Waals surface area contributed by atoms with Crippen molar-refractivity contribution in [2.75, 3.05) is 7.11 Å². The predicted octanol–water partition coefficient (Wildman–Crippen LogP) is 2.77. The van der Waals surface area contributed by atoms with Gasteiger partial charge in [-0.1, -0.05) is 19.8 Å². The Bertz CT molecular complexity index is 368.